The highest BCUT2D eigenvalue weighted by Gasteiger charge is 2.33. The Morgan fingerprint density at radius 1 is 1.30 bits per heavy atom. The third-order valence-corrected chi connectivity index (χ3v) is 5.60. The number of benzene rings is 1. The second-order valence-electron chi connectivity index (χ2n) is 6.76. The number of aromatic nitrogens is 2. The van der Waals surface area contributed by atoms with E-state index in [1.807, 2.05) is 30.5 Å². The van der Waals surface area contributed by atoms with Crippen LogP contribution >= 0.6 is 23.2 Å². The fraction of sp³-hybridized carbons (Fsp3) is 0.421. The Balaban J connectivity index is 1.69. The summed E-state index contributed by atoms with van der Waals surface area (Å²) < 4.78 is 1.84. The van der Waals surface area contributed by atoms with Crippen LogP contribution in [0.15, 0.2) is 18.2 Å². The molecule has 1 saturated heterocycles. The number of carbonyl (C=O) groups excluding carboxylic acids is 2. The van der Waals surface area contributed by atoms with E-state index >= 15 is 0 Å². The Labute approximate surface area is 168 Å². The maximum Gasteiger partial charge on any atom is 0.253 e. The monoisotopic (exact) mass is 408 g/mol. The van der Waals surface area contributed by atoms with Crippen molar-refractivity contribution < 1.29 is 9.59 Å². The van der Waals surface area contributed by atoms with E-state index in [9.17, 15) is 9.59 Å². The van der Waals surface area contributed by atoms with Gasteiger partial charge in [-0.1, -0.05) is 23.2 Å². The Morgan fingerprint density at radius 2 is 2.04 bits per heavy atom. The molecule has 2 heterocycles. The summed E-state index contributed by atoms with van der Waals surface area (Å²) in [5.41, 5.74) is 3.41. The molecule has 144 valence electrons. The average Bonchev–Trinajstić information content (AvgIpc) is 3.17. The molecule has 1 N–H and O–H groups in total. The molecule has 2 amide bonds. The SMILES string of the molecule is Cc1nn(C)c(C)c1C1CCCN1C(=O)CNC(=O)c1ccc(Cl)cc1Cl. The molecule has 0 spiro atoms. The quantitative estimate of drug-likeness (QED) is 0.842. The van der Waals surface area contributed by atoms with Crippen molar-refractivity contribution in [2.75, 3.05) is 13.1 Å². The molecule has 0 aliphatic carbocycles. The maximum atomic E-state index is 12.8. The minimum Gasteiger partial charge on any atom is -0.343 e. The van der Waals surface area contributed by atoms with Crippen LogP contribution in [0.5, 0.6) is 0 Å². The van der Waals surface area contributed by atoms with Crippen molar-refractivity contribution in [1.82, 2.24) is 20.0 Å². The molecule has 6 nitrogen and oxygen atoms in total. The maximum absolute atomic E-state index is 12.8. The number of nitrogens with one attached hydrogen (secondary N) is 1. The molecule has 0 bridgehead atoms. The second kappa shape index (κ2) is 7.90. The Kier molecular flexibility index (Phi) is 5.77. The lowest BCUT2D eigenvalue weighted by Gasteiger charge is -2.25. The molecular weight excluding hydrogens is 387 g/mol. The van der Waals surface area contributed by atoms with Gasteiger partial charge in [-0.3, -0.25) is 14.3 Å². The molecule has 1 atom stereocenters. The minimum absolute atomic E-state index is 0.00206. The lowest BCUT2D eigenvalue weighted by atomic mass is 10.0. The first-order chi connectivity index (χ1) is 12.8. The first-order valence-electron chi connectivity index (χ1n) is 8.82. The zero-order valence-electron chi connectivity index (χ0n) is 15.6. The van der Waals surface area contributed by atoms with E-state index < -0.39 is 5.91 Å². The summed E-state index contributed by atoms with van der Waals surface area (Å²) in [6, 6.07) is 4.65. The highest BCUT2D eigenvalue weighted by atomic mass is 35.5. The average molecular weight is 409 g/mol. The highest BCUT2D eigenvalue weighted by molar-refractivity contribution is 6.36. The molecule has 27 heavy (non-hydrogen) atoms. The highest BCUT2D eigenvalue weighted by Crippen LogP contribution is 2.35. The van der Waals surface area contributed by atoms with Gasteiger partial charge in [0.15, 0.2) is 0 Å². The zero-order chi connectivity index (χ0) is 19.7. The molecule has 1 aromatic carbocycles. The number of hydrogen-bond acceptors (Lipinski definition) is 3. The number of aryl methyl sites for hydroxylation is 2. The van der Waals surface area contributed by atoms with Gasteiger partial charge in [0.2, 0.25) is 5.91 Å². The van der Waals surface area contributed by atoms with Crippen molar-refractivity contribution in [3.8, 4) is 0 Å². The first kappa shape index (κ1) is 19.7. The second-order valence-corrected chi connectivity index (χ2v) is 7.60. The summed E-state index contributed by atoms with van der Waals surface area (Å²) in [5.74, 6) is -0.506. The van der Waals surface area contributed by atoms with E-state index in [4.69, 9.17) is 23.2 Å². The smallest absolute Gasteiger partial charge is 0.253 e. The number of carbonyl (C=O) groups is 2. The number of likely N-dealkylation sites (tertiary alicyclic amines) is 1. The van der Waals surface area contributed by atoms with Crippen molar-refractivity contribution in [2.24, 2.45) is 7.05 Å². The molecule has 0 saturated carbocycles. The van der Waals surface area contributed by atoms with Gasteiger partial charge in [0.1, 0.15) is 0 Å². The Hall–Kier alpha value is -2.05. The summed E-state index contributed by atoms with van der Waals surface area (Å²) in [4.78, 5) is 26.9. The minimum atomic E-state index is -0.394. The zero-order valence-corrected chi connectivity index (χ0v) is 17.1. The van der Waals surface area contributed by atoms with E-state index in [-0.39, 0.29) is 23.5 Å². The van der Waals surface area contributed by atoms with Crippen LogP contribution in [0, 0.1) is 13.8 Å². The van der Waals surface area contributed by atoms with Gasteiger partial charge < -0.3 is 10.2 Å². The normalized spacial score (nSPS) is 16.6. The lowest BCUT2D eigenvalue weighted by molar-refractivity contribution is -0.131. The summed E-state index contributed by atoms with van der Waals surface area (Å²) in [7, 11) is 1.91. The van der Waals surface area contributed by atoms with Gasteiger partial charge in [0, 0.05) is 29.9 Å². The molecule has 1 unspecified atom stereocenters. The Morgan fingerprint density at radius 3 is 2.67 bits per heavy atom. The van der Waals surface area contributed by atoms with Crippen molar-refractivity contribution in [3.63, 3.8) is 0 Å². The molecule has 1 fully saturated rings. The van der Waals surface area contributed by atoms with Crippen LogP contribution in [0.25, 0.3) is 0 Å². The standard InChI is InChI=1S/C19H22Cl2N4O2/c1-11-18(12(2)24(3)23-11)16-5-4-8-25(16)17(26)10-22-19(27)14-7-6-13(20)9-15(14)21/h6-7,9,16H,4-5,8,10H2,1-3H3,(H,22,27). The fourth-order valence-corrected chi connectivity index (χ4v) is 4.16. The third-order valence-electron chi connectivity index (χ3n) is 5.05. The lowest BCUT2D eigenvalue weighted by Crippen LogP contribution is -2.40. The van der Waals surface area contributed by atoms with E-state index in [1.54, 1.807) is 12.1 Å². The fourth-order valence-electron chi connectivity index (χ4n) is 3.66. The van der Waals surface area contributed by atoms with Crippen LogP contribution in [0.4, 0.5) is 0 Å². The summed E-state index contributed by atoms with van der Waals surface area (Å²) in [6.45, 7) is 4.58. The van der Waals surface area contributed by atoms with Crippen LogP contribution < -0.4 is 5.32 Å². The van der Waals surface area contributed by atoms with Crippen LogP contribution in [0.1, 0.15) is 46.2 Å². The number of rotatable bonds is 4. The van der Waals surface area contributed by atoms with Crippen molar-refractivity contribution in [2.45, 2.75) is 32.7 Å². The van der Waals surface area contributed by atoms with Gasteiger partial charge in [-0.25, -0.2) is 0 Å². The number of hydrogen-bond donors (Lipinski definition) is 1. The molecular formula is C19H22Cl2N4O2. The van der Waals surface area contributed by atoms with Gasteiger partial charge in [-0.05, 0) is 44.9 Å². The van der Waals surface area contributed by atoms with Gasteiger partial charge in [0.25, 0.3) is 5.91 Å². The summed E-state index contributed by atoms with van der Waals surface area (Å²) >= 11 is 11.9. The summed E-state index contributed by atoms with van der Waals surface area (Å²) in [6.07, 6.45) is 1.83. The molecule has 0 radical (unpaired) electrons. The predicted octanol–water partition coefficient (Wildman–Crippen LogP) is 3.44. The van der Waals surface area contributed by atoms with Gasteiger partial charge in [-0.15, -0.1) is 0 Å². The molecule has 8 heteroatoms. The number of halogens is 2. The van der Waals surface area contributed by atoms with Crippen molar-refractivity contribution in [3.05, 3.63) is 50.8 Å². The number of nitrogens with zero attached hydrogens (tertiary/aromatic N) is 3. The van der Waals surface area contributed by atoms with Crippen LogP contribution in [-0.4, -0.2) is 39.6 Å². The van der Waals surface area contributed by atoms with Crippen molar-refractivity contribution >= 4 is 35.0 Å². The topological polar surface area (TPSA) is 67.2 Å². The van der Waals surface area contributed by atoms with Gasteiger partial charge >= 0.3 is 0 Å². The molecule has 2 aromatic rings. The van der Waals surface area contributed by atoms with E-state index in [1.165, 1.54) is 6.07 Å². The van der Waals surface area contributed by atoms with Crippen LogP contribution in [0.3, 0.4) is 0 Å². The predicted molar refractivity (Wildman–Crippen MR) is 105 cm³/mol. The first-order valence-corrected chi connectivity index (χ1v) is 9.58. The van der Waals surface area contributed by atoms with Gasteiger partial charge in [0.05, 0.1) is 28.9 Å². The van der Waals surface area contributed by atoms with Gasteiger partial charge in [-0.2, -0.15) is 5.10 Å². The van der Waals surface area contributed by atoms with Crippen LogP contribution in [0.2, 0.25) is 10.0 Å². The largest absolute Gasteiger partial charge is 0.343 e. The molecule has 1 aliphatic heterocycles. The van der Waals surface area contributed by atoms with Crippen molar-refractivity contribution in [1.29, 1.82) is 0 Å². The molecule has 1 aromatic heterocycles. The summed E-state index contributed by atoms with van der Waals surface area (Å²) in [5, 5.41) is 7.84. The van der Waals surface area contributed by atoms with E-state index in [2.05, 4.69) is 10.4 Å². The Bertz CT molecular complexity index is 894. The molecule has 1 aliphatic rings. The third kappa shape index (κ3) is 3.96. The van der Waals surface area contributed by atoms with E-state index in [0.717, 1.165) is 29.8 Å². The van der Waals surface area contributed by atoms with Crippen LogP contribution in [-0.2, 0) is 11.8 Å². The van der Waals surface area contributed by atoms with E-state index in [0.29, 0.717) is 17.1 Å². The molecule has 3 rings (SSSR count). The number of amides is 2.